The highest BCUT2D eigenvalue weighted by Crippen LogP contribution is 2.15. The van der Waals surface area contributed by atoms with Gasteiger partial charge < -0.3 is 4.74 Å². The van der Waals surface area contributed by atoms with Crippen LogP contribution in [0.3, 0.4) is 0 Å². The van der Waals surface area contributed by atoms with Crippen molar-refractivity contribution in [3.8, 4) is 0 Å². The summed E-state index contributed by atoms with van der Waals surface area (Å²) in [5, 5.41) is 0. The van der Waals surface area contributed by atoms with E-state index in [1.807, 2.05) is 0 Å². The number of methoxy groups -OCH3 is 1. The Balaban J connectivity index is 3.50. The lowest BCUT2D eigenvalue weighted by Crippen LogP contribution is -2.17. The minimum absolute atomic E-state index is 0.468. The molecule has 0 rings (SSSR count). The zero-order valence-corrected chi connectivity index (χ0v) is 6.98. The zero-order valence-electron chi connectivity index (χ0n) is 6.98. The SMILES string of the molecule is BCC(OC)[C@@H](B)CB. The summed E-state index contributed by atoms with van der Waals surface area (Å²) in [7, 11) is 8.39. The first-order chi connectivity index (χ1) is 4.26. The van der Waals surface area contributed by atoms with Crippen LogP contribution in [0.2, 0.25) is 18.5 Å². The van der Waals surface area contributed by atoms with Crippen molar-refractivity contribution in [2.24, 2.45) is 0 Å². The molecule has 0 saturated carbocycles. The van der Waals surface area contributed by atoms with E-state index >= 15 is 0 Å². The molecule has 4 heteroatoms. The van der Waals surface area contributed by atoms with Crippen molar-refractivity contribution in [3.05, 3.63) is 0 Å². The fourth-order valence-corrected chi connectivity index (χ4v) is 1.06. The summed E-state index contributed by atoms with van der Waals surface area (Å²) >= 11 is 0. The van der Waals surface area contributed by atoms with E-state index in [1.54, 1.807) is 7.11 Å². The molecule has 2 atom stereocenters. The fourth-order valence-electron chi connectivity index (χ4n) is 1.06. The molecular formula is C5H15B3O. The first-order valence-corrected chi connectivity index (χ1v) is 3.79. The van der Waals surface area contributed by atoms with E-state index in [0.717, 1.165) is 6.32 Å². The van der Waals surface area contributed by atoms with Gasteiger partial charge in [0.15, 0.2) is 0 Å². The zero-order chi connectivity index (χ0) is 7.28. The molecule has 1 nitrogen and oxygen atoms in total. The number of hydrogen-bond acceptors (Lipinski definition) is 1. The Hall–Kier alpha value is 0.155. The first-order valence-electron chi connectivity index (χ1n) is 3.79. The lowest BCUT2D eigenvalue weighted by molar-refractivity contribution is 0.116. The Labute approximate surface area is 60.8 Å². The maximum Gasteiger partial charge on any atom is 0.107 e. The maximum absolute atomic E-state index is 5.25. The predicted molar refractivity (Wildman–Crippen MR) is 49.8 cm³/mol. The molecule has 0 radical (unpaired) electrons. The second-order valence-electron chi connectivity index (χ2n) is 2.57. The Bertz CT molecular complexity index is 65.2. The molecule has 0 aromatic heterocycles. The summed E-state index contributed by atoms with van der Waals surface area (Å²) in [6.07, 6.45) is 2.81. The highest BCUT2D eigenvalue weighted by Gasteiger charge is 2.10. The third-order valence-electron chi connectivity index (χ3n) is 1.98. The molecule has 0 N–H and O–H groups in total. The third kappa shape index (κ3) is 3.00. The van der Waals surface area contributed by atoms with Crippen LogP contribution in [0.4, 0.5) is 0 Å². The molecule has 9 heavy (non-hydrogen) atoms. The van der Waals surface area contributed by atoms with Gasteiger partial charge in [-0.15, -0.1) is 0 Å². The van der Waals surface area contributed by atoms with E-state index in [1.165, 1.54) is 6.32 Å². The van der Waals surface area contributed by atoms with Crippen LogP contribution in [0.1, 0.15) is 0 Å². The molecular weight excluding hydrogens is 108 g/mol. The minimum atomic E-state index is 0.468. The Morgan fingerprint density at radius 2 is 1.89 bits per heavy atom. The summed E-state index contributed by atoms with van der Waals surface area (Å²) in [5.74, 6) is 0.708. The van der Waals surface area contributed by atoms with Crippen molar-refractivity contribution in [3.63, 3.8) is 0 Å². The third-order valence-corrected chi connectivity index (χ3v) is 1.98. The highest BCUT2D eigenvalue weighted by molar-refractivity contribution is 6.20. The molecule has 0 amide bonds. The van der Waals surface area contributed by atoms with Gasteiger partial charge in [0.25, 0.3) is 0 Å². The fraction of sp³-hybridized carbons (Fsp3) is 1.00. The lowest BCUT2D eigenvalue weighted by atomic mass is 9.70. The van der Waals surface area contributed by atoms with Crippen molar-refractivity contribution >= 4 is 23.5 Å². The van der Waals surface area contributed by atoms with Gasteiger partial charge in [-0.3, -0.25) is 0 Å². The molecule has 0 aromatic rings. The Morgan fingerprint density at radius 1 is 1.33 bits per heavy atom. The van der Waals surface area contributed by atoms with Crippen LogP contribution >= 0.6 is 0 Å². The van der Waals surface area contributed by atoms with Crippen LogP contribution in [0, 0.1) is 0 Å². The monoisotopic (exact) mass is 124 g/mol. The van der Waals surface area contributed by atoms with Crippen LogP contribution in [0.5, 0.6) is 0 Å². The second-order valence-corrected chi connectivity index (χ2v) is 2.57. The van der Waals surface area contributed by atoms with E-state index in [4.69, 9.17) is 4.74 Å². The summed E-state index contributed by atoms with van der Waals surface area (Å²) in [6.45, 7) is 0. The molecule has 0 spiro atoms. The van der Waals surface area contributed by atoms with Gasteiger partial charge in [0, 0.05) is 13.2 Å². The predicted octanol–water partition coefficient (Wildman–Crippen LogP) is -1.47. The summed E-state index contributed by atoms with van der Waals surface area (Å²) < 4.78 is 5.25. The van der Waals surface area contributed by atoms with Gasteiger partial charge in [-0.25, -0.2) is 0 Å². The normalized spacial score (nSPS) is 17.0. The van der Waals surface area contributed by atoms with Crippen molar-refractivity contribution in [2.75, 3.05) is 7.11 Å². The van der Waals surface area contributed by atoms with Gasteiger partial charge in [-0.1, -0.05) is 18.5 Å². The maximum atomic E-state index is 5.25. The largest absolute Gasteiger partial charge is 0.383 e. The van der Waals surface area contributed by atoms with Gasteiger partial charge in [0.2, 0.25) is 0 Å². The average molecular weight is 124 g/mol. The van der Waals surface area contributed by atoms with Crippen LogP contribution in [0.15, 0.2) is 0 Å². The quantitative estimate of drug-likeness (QED) is 0.415. The minimum Gasteiger partial charge on any atom is -0.383 e. The topological polar surface area (TPSA) is 9.23 Å². The first kappa shape index (κ1) is 9.15. The van der Waals surface area contributed by atoms with Gasteiger partial charge in [-0.2, -0.15) is 0 Å². The van der Waals surface area contributed by atoms with Crippen molar-refractivity contribution in [1.82, 2.24) is 0 Å². The Morgan fingerprint density at radius 3 is 2.00 bits per heavy atom. The van der Waals surface area contributed by atoms with E-state index in [2.05, 4.69) is 23.5 Å². The molecule has 50 valence electrons. The average Bonchev–Trinajstić information content (AvgIpc) is 1.90. The molecule has 0 aliphatic heterocycles. The van der Waals surface area contributed by atoms with Crippen LogP contribution in [0.25, 0.3) is 0 Å². The lowest BCUT2D eigenvalue weighted by Gasteiger charge is -2.19. The van der Waals surface area contributed by atoms with Crippen molar-refractivity contribution in [1.29, 1.82) is 0 Å². The van der Waals surface area contributed by atoms with Crippen LogP contribution < -0.4 is 0 Å². The van der Waals surface area contributed by atoms with E-state index in [9.17, 15) is 0 Å². The summed E-state index contributed by atoms with van der Waals surface area (Å²) in [4.78, 5) is 0. The molecule has 0 heterocycles. The van der Waals surface area contributed by atoms with Crippen LogP contribution in [-0.2, 0) is 4.74 Å². The van der Waals surface area contributed by atoms with E-state index in [-0.39, 0.29) is 0 Å². The molecule has 0 aliphatic carbocycles. The van der Waals surface area contributed by atoms with E-state index < -0.39 is 0 Å². The standard InChI is InChI=1S/C5H15B3O/c1-9-5(3-7)4(8)2-6/h4-5H,2-3,6-8H2,1H3/t4-,5?/m0/s1. The van der Waals surface area contributed by atoms with Crippen LogP contribution in [-0.4, -0.2) is 36.8 Å². The Kier molecular flexibility index (Phi) is 5.07. The highest BCUT2D eigenvalue weighted by atomic mass is 16.5. The smallest absolute Gasteiger partial charge is 0.107 e. The van der Waals surface area contributed by atoms with Gasteiger partial charge in [0.1, 0.15) is 23.5 Å². The van der Waals surface area contributed by atoms with Crippen molar-refractivity contribution in [2.45, 2.75) is 24.6 Å². The van der Waals surface area contributed by atoms with Gasteiger partial charge in [-0.05, 0) is 0 Å². The molecule has 0 aromatic carbocycles. The van der Waals surface area contributed by atoms with Gasteiger partial charge >= 0.3 is 0 Å². The second kappa shape index (κ2) is 4.98. The van der Waals surface area contributed by atoms with E-state index in [0.29, 0.717) is 11.9 Å². The molecule has 0 saturated heterocycles. The summed E-state index contributed by atoms with van der Waals surface area (Å²) in [5.41, 5.74) is 0. The number of rotatable bonds is 4. The molecule has 0 aliphatic rings. The number of hydrogen-bond donors (Lipinski definition) is 0. The summed E-state index contributed by atoms with van der Waals surface area (Å²) in [6, 6.07) is 0. The molecule has 0 bridgehead atoms. The van der Waals surface area contributed by atoms with Gasteiger partial charge in [0.05, 0.1) is 0 Å². The molecule has 1 unspecified atom stereocenters. The molecule has 0 fully saturated rings. The van der Waals surface area contributed by atoms with Crippen molar-refractivity contribution < 1.29 is 4.74 Å². The number of ether oxygens (including phenoxy) is 1.